The first-order valence-electron chi connectivity index (χ1n) is 11.0. The van der Waals surface area contributed by atoms with Gasteiger partial charge in [-0.2, -0.15) is 11.3 Å². The Morgan fingerprint density at radius 3 is 2.40 bits per heavy atom. The molecule has 1 aliphatic heterocycles. The zero-order valence-electron chi connectivity index (χ0n) is 19.3. The largest absolute Gasteiger partial charge is 0.395 e. The van der Waals surface area contributed by atoms with Crippen LogP contribution >= 0.6 is 22.2 Å². The third-order valence-electron chi connectivity index (χ3n) is 6.44. The van der Waals surface area contributed by atoms with Crippen molar-refractivity contribution in [1.82, 2.24) is 15.0 Å². The predicted octanol–water partition coefficient (Wildman–Crippen LogP) is 2.88. The fraction of sp³-hybridized carbons (Fsp3) is 0.478. The van der Waals surface area contributed by atoms with Gasteiger partial charge in [-0.3, -0.25) is 0 Å². The van der Waals surface area contributed by atoms with Gasteiger partial charge in [0.15, 0.2) is 17.5 Å². The summed E-state index contributed by atoms with van der Waals surface area (Å²) < 4.78 is 41.9. The van der Waals surface area contributed by atoms with Crippen LogP contribution in [0.3, 0.4) is 0 Å². The molecule has 0 amide bonds. The van der Waals surface area contributed by atoms with E-state index in [-0.39, 0.29) is 23.6 Å². The lowest BCUT2D eigenvalue weighted by Gasteiger charge is -2.50. The second-order valence-electron chi connectivity index (χ2n) is 9.40. The van der Waals surface area contributed by atoms with E-state index in [1.807, 2.05) is 17.7 Å². The second-order valence-corrected chi connectivity index (χ2v) is 12.7. The molecule has 1 saturated heterocycles. The molecule has 35 heavy (non-hydrogen) atoms. The van der Waals surface area contributed by atoms with Crippen LogP contribution in [0.4, 0.5) is 13.2 Å². The molecule has 12 heteroatoms. The van der Waals surface area contributed by atoms with Crippen molar-refractivity contribution in [3.05, 3.63) is 57.7 Å². The van der Waals surface area contributed by atoms with Gasteiger partial charge in [-0.25, -0.2) is 28.7 Å². The number of halogens is 3. The Balaban J connectivity index is 1.67. The third-order valence-corrected chi connectivity index (χ3v) is 11.0. The number of aromatic nitrogens is 3. The van der Waals surface area contributed by atoms with E-state index in [0.29, 0.717) is 0 Å². The van der Waals surface area contributed by atoms with Crippen LogP contribution in [0.2, 0.25) is 0 Å². The lowest BCUT2D eigenvalue weighted by Crippen LogP contribution is -2.52. The van der Waals surface area contributed by atoms with Gasteiger partial charge >= 0.3 is 0 Å². The van der Waals surface area contributed by atoms with Crippen LogP contribution in [0, 0.1) is 24.4 Å². The van der Waals surface area contributed by atoms with Crippen molar-refractivity contribution in [3.63, 3.8) is 0 Å². The molecule has 3 heterocycles. The molecule has 1 aliphatic rings. The summed E-state index contributed by atoms with van der Waals surface area (Å²) in [4.78, 5) is 0. The normalized spacial score (nSPS) is 27.2. The van der Waals surface area contributed by atoms with Crippen LogP contribution in [-0.4, -0.2) is 70.8 Å². The van der Waals surface area contributed by atoms with Gasteiger partial charge in [0, 0.05) is 21.8 Å². The third kappa shape index (κ3) is 4.87. The Kier molecular flexibility index (Phi) is 7.33. The van der Waals surface area contributed by atoms with Crippen molar-refractivity contribution in [2.45, 2.75) is 55.1 Å². The minimum atomic E-state index is -1.60. The Morgan fingerprint density at radius 1 is 1.20 bits per heavy atom. The smallest absolute Gasteiger partial charge is 0.194 e. The van der Waals surface area contributed by atoms with Gasteiger partial charge in [0.1, 0.15) is 11.7 Å². The highest BCUT2D eigenvalue weighted by Crippen LogP contribution is 2.58. The van der Waals surface area contributed by atoms with Crippen molar-refractivity contribution < 1.29 is 33.6 Å². The molecule has 1 aromatic carbocycles. The fourth-order valence-corrected chi connectivity index (χ4v) is 9.54. The lowest BCUT2D eigenvalue weighted by atomic mass is 9.97. The van der Waals surface area contributed by atoms with Gasteiger partial charge in [0.25, 0.3) is 0 Å². The summed E-state index contributed by atoms with van der Waals surface area (Å²) in [6.07, 6.45) is -1.03. The Labute approximate surface area is 207 Å². The fourth-order valence-electron chi connectivity index (χ4n) is 4.83. The number of hydrogen-bond donors (Lipinski definition) is 5. The zero-order valence-corrected chi connectivity index (χ0v) is 21.0. The van der Waals surface area contributed by atoms with Crippen LogP contribution in [0.1, 0.15) is 36.3 Å². The summed E-state index contributed by atoms with van der Waals surface area (Å²) in [6.45, 7) is 4.93. The summed E-state index contributed by atoms with van der Waals surface area (Å²) in [5, 5.41) is 54.4. The molecule has 2 aromatic heterocycles. The number of nitrogens with zero attached hydrogens (tertiary/aromatic N) is 3. The molecule has 0 spiro atoms. The molecule has 2 unspecified atom stereocenters. The van der Waals surface area contributed by atoms with Crippen molar-refractivity contribution in [2.24, 2.45) is 0 Å². The van der Waals surface area contributed by atoms with Crippen LogP contribution in [0.5, 0.6) is 0 Å². The zero-order chi connectivity index (χ0) is 25.7. The number of rotatable bonds is 6. The molecule has 4 rings (SSSR count). The quantitative estimate of drug-likeness (QED) is 0.247. The maximum absolute atomic E-state index is 13.7. The number of aliphatic hydroxyl groups is 4. The summed E-state index contributed by atoms with van der Waals surface area (Å²) in [5.41, 5.74) is 0.719. The molecule has 7 nitrogen and oxygen atoms in total. The molecular weight excluding hydrogens is 503 g/mol. The van der Waals surface area contributed by atoms with Crippen molar-refractivity contribution in [3.8, 4) is 11.3 Å². The SMILES string of the molecule is Cc1cscc1C([SH]1C[C@H](O)[C@H](n2cc(-c3cc(F)c(F)c(F)c3)nn2)[C@@H](O)[C@H]1CO)C(C)(C)O. The first-order chi connectivity index (χ1) is 16.4. The molecule has 6 atom stereocenters. The van der Waals surface area contributed by atoms with Crippen LogP contribution in [-0.2, 0) is 0 Å². The summed E-state index contributed by atoms with van der Waals surface area (Å²) >= 11 is 1.50. The number of aryl methyl sites for hydroxylation is 1. The van der Waals surface area contributed by atoms with E-state index >= 15 is 0 Å². The van der Waals surface area contributed by atoms with Crippen LogP contribution in [0.25, 0.3) is 11.3 Å². The van der Waals surface area contributed by atoms with E-state index < -0.39 is 62.7 Å². The van der Waals surface area contributed by atoms with Gasteiger partial charge in [0.05, 0.1) is 30.6 Å². The Hall–Kier alpha value is -1.96. The number of hydrogen-bond acceptors (Lipinski definition) is 7. The van der Waals surface area contributed by atoms with Gasteiger partial charge < -0.3 is 20.4 Å². The minimum absolute atomic E-state index is 0.0267. The molecule has 0 bridgehead atoms. The molecule has 4 N–H and O–H groups in total. The standard InChI is InChI=1S/C23H28F3N3O4S2/c1-11-8-34-9-13(11)22(23(2,3)33)35-10-17(31)20(21(32)18(35)7-30)29-6-16(27-28-29)12-4-14(24)19(26)15(25)5-12/h4-6,8-9,17-18,20-22,30-33,35H,7,10H2,1-3H3/t17-,18+,20-,21-,22?/m0/s1. The summed E-state index contributed by atoms with van der Waals surface area (Å²) in [6, 6.07) is 0.578. The van der Waals surface area contributed by atoms with E-state index in [9.17, 15) is 33.6 Å². The molecule has 192 valence electrons. The van der Waals surface area contributed by atoms with E-state index in [1.165, 1.54) is 22.2 Å². The summed E-state index contributed by atoms with van der Waals surface area (Å²) in [7, 11) is -1.29. The Bertz CT molecular complexity index is 1180. The molecule has 0 radical (unpaired) electrons. The first-order valence-corrected chi connectivity index (χ1v) is 13.6. The maximum atomic E-state index is 13.7. The predicted molar refractivity (Wildman–Crippen MR) is 129 cm³/mol. The average Bonchev–Trinajstić information content (AvgIpc) is 3.41. The molecule has 1 fully saturated rings. The van der Waals surface area contributed by atoms with Gasteiger partial charge in [-0.15, -0.1) is 5.10 Å². The topological polar surface area (TPSA) is 112 Å². The number of thiol groups is 1. The van der Waals surface area contributed by atoms with E-state index in [0.717, 1.165) is 23.3 Å². The maximum Gasteiger partial charge on any atom is 0.194 e. The summed E-state index contributed by atoms with van der Waals surface area (Å²) in [5.74, 6) is -4.14. The minimum Gasteiger partial charge on any atom is -0.395 e. The lowest BCUT2D eigenvalue weighted by molar-refractivity contribution is 0.00571. The number of thiophene rings is 1. The van der Waals surface area contributed by atoms with Crippen molar-refractivity contribution in [2.75, 3.05) is 12.4 Å². The average molecular weight is 532 g/mol. The van der Waals surface area contributed by atoms with E-state index in [2.05, 4.69) is 10.3 Å². The monoisotopic (exact) mass is 531 g/mol. The highest BCUT2D eigenvalue weighted by molar-refractivity contribution is 8.18. The van der Waals surface area contributed by atoms with Crippen LogP contribution < -0.4 is 0 Å². The second kappa shape index (κ2) is 9.83. The molecule has 3 aromatic rings. The Morgan fingerprint density at radius 2 is 1.86 bits per heavy atom. The van der Waals surface area contributed by atoms with Gasteiger partial charge in [0.2, 0.25) is 0 Å². The van der Waals surface area contributed by atoms with Gasteiger partial charge in [-0.05, 0) is 54.8 Å². The van der Waals surface area contributed by atoms with E-state index in [1.54, 1.807) is 13.8 Å². The first kappa shape index (κ1) is 26.1. The van der Waals surface area contributed by atoms with Crippen molar-refractivity contribution in [1.29, 1.82) is 0 Å². The van der Waals surface area contributed by atoms with Crippen molar-refractivity contribution >= 4 is 22.2 Å². The number of benzene rings is 1. The van der Waals surface area contributed by atoms with E-state index in [4.69, 9.17) is 0 Å². The molecule has 0 saturated carbocycles. The highest BCUT2D eigenvalue weighted by Gasteiger charge is 2.49. The molecule has 0 aliphatic carbocycles. The highest BCUT2D eigenvalue weighted by atomic mass is 32.2. The van der Waals surface area contributed by atoms with Gasteiger partial charge in [-0.1, -0.05) is 5.21 Å². The number of aliphatic hydroxyl groups excluding tert-OH is 3. The van der Waals surface area contributed by atoms with Crippen LogP contribution in [0.15, 0.2) is 29.1 Å². The molecular formula is C23H28F3N3O4S2.